The molecule has 0 saturated carbocycles. The zero-order chi connectivity index (χ0) is 13.6. The molecule has 0 nitrogen and oxygen atoms in total. The Labute approximate surface area is 113 Å². The predicted molar refractivity (Wildman–Crippen MR) is 84.3 cm³/mol. The van der Waals surface area contributed by atoms with Gasteiger partial charge in [0.05, 0.1) is 0 Å². The van der Waals surface area contributed by atoms with E-state index in [4.69, 9.17) is 0 Å². The van der Waals surface area contributed by atoms with Crippen LogP contribution in [0.4, 0.5) is 0 Å². The van der Waals surface area contributed by atoms with E-state index < -0.39 is 13.3 Å². The zero-order valence-corrected chi connectivity index (χ0v) is 15.7. The molecule has 0 amide bonds. The van der Waals surface area contributed by atoms with Crippen LogP contribution in [0.15, 0.2) is 0 Å². The van der Waals surface area contributed by atoms with E-state index in [1.807, 2.05) is 0 Å². The topological polar surface area (TPSA) is 0 Å². The third-order valence-electron chi connectivity index (χ3n) is 3.37. The van der Waals surface area contributed by atoms with Crippen molar-refractivity contribution in [3.63, 3.8) is 0 Å². The quantitative estimate of drug-likeness (QED) is 0.478. The van der Waals surface area contributed by atoms with Gasteiger partial charge in [-0.2, -0.15) is 0 Å². The maximum atomic E-state index is 2.43. The van der Waals surface area contributed by atoms with Gasteiger partial charge in [0.1, 0.15) is 0 Å². The van der Waals surface area contributed by atoms with E-state index in [9.17, 15) is 0 Å². The van der Waals surface area contributed by atoms with Crippen molar-refractivity contribution in [2.45, 2.75) is 76.4 Å². The van der Waals surface area contributed by atoms with E-state index in [1.165, 1.54) is 0 Å². The molecule has 104 valence electrons. The molecule has 0 aromatic carbocycles. The standard InChI is InChI=1S/C16H36Ge/c1-13(2)9-17(10-14(3)4,11-15(5)6)12-16(7)8/h13-16H,9-12H2,1-8H3. The van der Waals surface area contributed by atoms with Gasteiger partial charge in [0.15, 0.2) is 0 Å². The molecule has 0 saturated heterocycles. The average Bonchev–Trinajstić information content (AvgIpc) is 1.95. The van der Waals surface area contributed by atoms with Crippen LogP contribution in [0.3, 0.4) is 0 Å². The first kappa shape index (κ1) is 17.5. The molecule has 0 fully saturated rings. The Morgan fingerprint density at radius 1 is 0.471 bits per heavy atom. The Bertz CT molecular complexity index is 146. The van der Waals surface area contributed by atoms with Crippen molar-refractivity contribution in [2.24, 2.45) is 23.7 Å². The maximum absolute atomic E-state index is 2.43. The fourth-order valence-corrected chi connectivity index (χ4v) is 20.6. The van der Waals surface area contributed by atoms with Crippen LogP contribution in [0, 0.1) is 23.7 Å². The molecule has 0 aliphatic heterocycles. The molecule has 0 aromatic rings. The zero-order valence-electron chi connectivity index (χ0n) is 13.6. The second-order valence-electron chi connectivity index (χ2n) is 7.89. The number of hydrogen-bond donors (Lipinski definition) is 0. The summed E-state index contributed by atoms with van der Waals surface area (Å²) in [7, 11) is 0. The van der Waals surface area contributed by atoms with Crippen LogP contribution in [0.2, 0.25) is 21.0 Å². The Hall–Kier alpha value is 0.543. The number of hydrogen-bond acceptors (Lipinski definition) is 0. The molecule has 0 radical (unpaired) electrons. The van der Waals surface area contributed by atoms with E-state index in [0.717, 1.165) is 23.7 Å². The van der Waals surface area contributed by atoms with Crippen molar-refractivity contribution in [2.75, 3.05) is 0 Å². The molecule has 0 N–H and O–H groups in total. The third kappa shape index (κ3) is 8.29. The van der Waals surface area contributed by atoms with E-state index >= 15 is 0 Å². The minimum absolute atomic E-state index is 0.909. The van der Waals surface area contributed by atoms with Crippen molar-refractivity contribution in [1.82, 2.24) is 0 Å². The van der Waals surface area contributed by atoms with Gasteiger partial charge in [-0.3, -0.25) is 0 Å². The van der Waals surface area contributed by atoms with Gasteiger partial charge >= 0.3 is 113 Å². The molecular formula is C16H36Ge. The summed E-state index contributed by atoms with van der Waals surface area (Å²) >= 11 is -1.62. The predicted octanol–water partition coefficient (Wildman–Crippen LogP) is 6.06. The van der Waals surface area contributed by atoms with Gasteiger partial charge in [-0.05, 0) is 0 Å². The van der Waals surface area contributed by atoms with Crippen LogP contribution in [-0.2, 0) is 0 Å². The van der Waals surface area contributed by atoms with Gasteiger partial charge in [0.25, 0.3) is 0 Å². The average molecular weight is 301 g/mol. The summed E-state index contributed by atoms with van der Waals surface area (Å²) in [6.07, 6.45) is 0. The first-order valence-electron chi connectivity index (χ1n) is 7.67. The minimum atomic E-state index is -1.62. The monoisotopic (exact) mass is 302 g/mol. The normalized spacial score (nSPS) is 13.4. The van der Waals surface area contributed by atoms with Crippen LogP contribution < -0.4 is 0 Å². The summed E-state index contributed by atoms with van der Waals surface area (Å²) in [5.74, 6) is 3.63. The molecule has 17 heavy (non-hydrogen) atoms. The molecule has 0 unspecified atom stereocenters. The third-order valence-corrected chi connectivity index (χ3v) is 17.5. The fourth-order valence-electron chi connectivity index (χ4n) is 3.96. The van der Waals surface area contributed by atoms with E-state index in [-0.39, 0.29) is 0 Å². The van der Waals surface area contributed by atoms with Gasteiger partial charge in [-0.25, -0.2) is 0 Å². The second kappa shape index (κ2) is 7.86. The molecule has 0 aliphatic carbocycles. The van der Waals surface area contributed by atoms with Gasteiger partial charge < -0.3 is 0 Å². The summed E-state index contributed by atoms with van der Waals surface area (Å²) in [5, 5.41) is 6.37. The Morgan fingerprint density at radius 2 is 0.647 bits per heavy atom. The Kier molecular flexibility index (Phi) is 8.12. The van der Waals surface area contributed by atoms with Gasteiger partial charge in [-0.15, -0.1) is 0 Å². The summed E-state index contributed by atoms with van der Waals surface area (Å²) in [5.41, 5.74) is 0. The Balaban J connectivity index is 4.89. The molecule has 0 heterocycles. The van der Waals surface area contributed by atoms with Crippen molar-refractivity contribution in [3.05, 3.63) is 0 Å². The van der Waals surface area contributed by atoms with Crippen LogP contribution in [0.5, 0.6) is 0 Å². The first-order chi connectivity index (χ1) is 7.67. The SMILES string of the molecule is CC(C)[CH2][Ge]([CH2]C(C)C)([CH2]C(C)C)[CH2]C(C)C. The van der Waals surface area contributed by atoms with Gasteiger partial charge in [0.2, 0.25) is 0 Å². The van der Waals surface area contributed by atoms with Crippen LogP contribution in [-0.4, -0.2) is 13.3 Å². The fraction of sp³-hybridized carbons (Fsp3) is 1.00. The van der Waals surface area contributed by atoms with Gasteiger partial charge in [0, 0.05) is 0 Å². The first-order valence-corrected chi connectivity index (χ1v) is 13.6. The summed E-state index contributed by atoms with van der Waals surface area (Å²) in [4.78, 5) is 0. The van der Waals surface area contributed by atoms with Crippen molar-refractivity contribution < 1.29 is 0 Å². The van der Waals surface area contributed by atoms with E-state index in [0.29, 0.717) is 0 Å². The molecule has 0 bridgehead atoms. The van der Waals surface area contributed by atoms with E-state index in [1.54, 1.807) is 21.0 Å². The van der Waals surface area contributed by atoms with Crippen molar-refractivity contribution >= 4 is 13.3 Å². The molecule has 0 spiro atoms. The van der Waals surface area contributed by atoms with Crippen LogP contribution in [0.1, 0.15) is 55.4 Å². The van der Waals surface area contributed by atoms with Crippen LogP contribution in [0.25, 0.3) is 0 Å². The molecule has 0 atom stereocenters. The van der Waals surface area contributed by atoms with Crippen molar-refractivity contribution in [3.8, 4) is 0 Å². The summed E-state index contributed by atoms with van der Waals surface area (Å²) in [6.45, 7) is 19.5. The summed E-state index contributed by atoms with van der Waals surface area (Å²) in [6, 6.07) is 0. The van der Waals surface area contributed by atoms with E-state index in [2.05, 4.69) is 55.4 Å². The van der Waals surface area contributed by atoms with Crippen LogP contribution >= 0.6 is 0 Å². The molecule has 1 heteroatoms. The molecule has 0 aliphatic rings. The van der Waals surface area contributed by atoms with Gasteiger partial charge in [-0.1, -0.05) is 0 Å². The summed E-state index contributed by atoms with van der Waals surface area (Å²) < 4.78 is 0. The molecular weight excluding hydrogens is 265 g/mol. The van der Waals surface area contributed by atoms with Crippen molar-refractivity contribution in [1.29, 1.82) is 0 Å². The number of rotatable bonds is 8. The molecule has 0 aromatic heterocycles. The second-order valence-corrected chi connectivity index (χ2v) is 17.6. The Morgan fingerprint density at radius 3 is 0.765 bits per heavy atom. The molecule has 0 rings (SSSR count).